The molecule has 1 aromatic heterocycles. The summed E-state index contributed by atoms with van der Waals surface area (Å²) < 4.78 is 2.75. The lowest BCUT2D eigenvalue weighted by molar-refractivity contribution is -0.120. The van der Waals surface area contributed by atoms with Crippen LogP contribution in [0.2, 0.25) is 0 Å². The maximum absolute atomic E-state index is 12.5. The van der Waals surface area contributed by atoms with Crippen molar-refractivity contribution in [3.8, 4) is 0 Å². The second-order valence-electron chi connectivity index (χ2n) is 9.13. The zero-order chi connectivity index (χ0) is 25.0. The zero-order valence-electron chi connectivity index (χ0n) is 20.1. The summed E-state index contributed by atoms with van der Waals surface area (Å²) in [6, 6.07) is 9.48. The van der Waals surface area contributed by atoms with Gasteiger partial charge in [-0.1, -0.05) is 32.9 Å². The number of rotatable bonds is 10. The third-order valence-corrected chi connectivity index (χ3v) is 6.83. The second-order valence-corrected chi connectivity index (χ2v) is 10.6. The number of hydrogen-bond acceptors (Lipinski definition) is 4. The van der Waals surface area contributed by atoms with Crippen LogP contribution in [0.15, 0.2) is 34.8 Å². The van der Waals surface area contributed by atoms with Crippen molar-refractivity contribution >= 4 is 51.5 Å². The van der Waals surface area contributed by atoms with Gasteiger partial charge in [-0.2, -0.15) is 12.6 Å². The molecule has 0 radical (unpaired) electrons. The van der Waals surface area contributed by atoms with E-state index in [4.69, 9.17) is 4.98 Å². The smallest absolute Gasteiger partial charge is 0.336 e. The molecule has 0 unspecified atom stereocenters. The first kappa shape index (κ1) is 26.3. The van der Waals surface area contributed by atoms with Crippen molar-refractivity contribution in [1.82, 2.24) is 14.9 Å². The number of halogens is 1. The summed E-state index contributed by atoms with van der Waals surface area (Å²) in [5.74, 6) is 0.381. The number of aromatic carboxylic acids is 1. The minimum Gasteiger partial charge on any atom is -0.478 e. The average molecular weight is 547 g/mol. The number of nitrogens with one attached hydrogen (secondary N) is 1. The van der Waals surface area contributed by atoms with Crippen LogP contribution >= 0.6 is 28.6 Å². The van der Waals surface area contributed by atoms with Crippen LogP contribution < -0.4 is 5.32 Å². The molecule has 0 saturated heterocycles. The Kier molecular flexibility index (Phi) is 8.82. The SMILES string of the molecule is CCCc1nc2c(C)cc(CNC(=O)[C@@H](S)CC(C)C)cc2n1Cc1ccc(C(=O)O)c(Br)c1. The Balaban J connectivity index is 1.93. The molecule has 1 atom stereocenters. The van der Waals surface area contributed by atoms with Gasteiger partial charge in [0.05, 0.1) is 21.8 Å². The lowest BCUT2D eigenvalue weighted by Gasteiger charge is -2.14. The molecule has 0 saturated carbocycles. The predicted octanol–water partition coefficient (Wildman–Crippen LogP) is 5.77. The van der Waals surface area contributed by atoms with Gasteiger partial charge in [-0.3, -0.25) is 4.79 Å². The van der Waals surface area contributed by atoms with Crippen molar-refractivity contribution in [2.45, 2.75) is 65.3 Å². The molecule has 8 heteroatoms. The summed E-state index contributed by atoms with van der Waals surface area (Å²) in [7, 11) is 0. The molecule has 1 heterocycles. The first-order valence-corrected chi connectivity index (χ1v) is 12.9. The Labute approximate surface area is 214 Å². The van der Waals surface area contributed by atoms with Gasteiger partial charge in [0.2, 0.25) is 5.91 Å². The lowest BCUT2D eigenvalue weighted by Crippen LogP contribution is -2.31. The molecule has 0 spiro atoms. The van der Waals surface area contributed by atoms with Crippen molar-refractivity contribution in [3.63, 3.8) is 0 Å². The Morgan fingerprint density at radius 2 is 1.94 bits per heavy atom. The molecule has 0 aliphatic carbocycles. The standard InChI is InChI=1S/C26H32BrN3O3S/c1-5-6-23-29-24-16(4)10-18(13-28-25(31)22(34)9-15(2)3)12-21(24)30(23)14-17-7-8-19(26(32)33)20(27)11-17/h7-8,10-12,15,22,34H,5-6,9,13-14H2,1-4H3,(H,28,31)(H,32,33)/t22-/m0/s1. The number of thiol groups is 1. The van der Waals surface area contributed by atoms with Gasteiger partial charge >= 0.3 is 5.97 Å². The van der Waals surface area contributed by atoms with E-state index in [1.807, 2.05) is 19.1 Å². The van der Waals surface area contributed by atoms with E-state index >= 15 is 0 Å². The molecular weight excluding hydrogens is 514 g/mol. The van der Waals surface area contributed by atoms with Gasteiger partial charge < -0.3 is 15.0 Å². The molecule has 182 valence electrons. The second kappa shape index (κ2) is 11.4. The fourth-order valence-electron chi connectivity index (χ4n) is 4.08. The number of fused-ring (bicyclic) bond motifs is 1. The average Bonchev–Trinajstić information content (AvgIpc) is 3.09. The van der Waals surface area contributed by atoms with Crippen molar-refractivity contribution in [1.29, 1.82) is 0 Å². The highest BCUT2D eigenvalue weighted by Crippen LogP contribution is 2.26. The summed E-state index contributed by atoms with van der Waals surface area (Å²) in [4.78, 5) is 28.7. The normalized spacial score (nSPS) is 12.3. The number of carboxylic acids is 1. The summed E-state index contributed by atoms with van der Waals surface area (Å²) in [6.07, 6.45) is 2.54. The Hall–Kier alpha value is -2.32. The summed E-state index contributed by atoms with van der Waals surface area (Å²) in [5.41, 5.74) is 5.25. The van der Waals surface area contributed by atoms with E-state index in [1.54, 1.807) is 6.07 Å². The largest absolute Gasteiger partial charge is 0.478 e. The topological polar surface area (TPSA) is 84.2 Å². The van der Waals surface area contributed by atoms with Crippen molar-refractivity contribution in [3.05, 3.63) is 62.9 Å². The number of benzene rings is 2. The summed E-state index contributed by atoms with van der Waals surface area (Å²) >= 11 is 7.83. The molecule has 34 heavy (non-hydrogen) atoms. The van der Waals surface area contributed by atoms with Crippen LogP contribution in [0.1, 0.15) is 66.5 Å². The predicted molar refractivity (Wildman–Crippen MR) is 143 cm³/mol. The van der Waals surface area contributed by atoms with Crippen LogP contribution in [-0.2, 0) is 24.3 Å². The fraction of sp³-hybridized carbons (Fsp3) is 0.423. The molecule has 1 amide bonds. The molecule has 3 aromatic rings. The zero-order valence-corrected chi connectivity index (χ0v) is 22.5. The first-order valence-electron chi connectivity index (χ1n) is 11.6. The van der Waals surface area contributed by atoms with E-state index in [9.17, 15) is 14.7 Å². The van der Waals surface area contributed by atoms with Gasteiger partial charge in [-0.15, -0.1) is 0 Å². The molecule has 0 aliphatic rings. The van der Waals surface area contributed by atoms with E-state index < -0.39 is 5.97 Å². The quantitative estimate of drug-likeness (QED) is 0.282. The molecule has 0 bridgehead atoms. The maximum atomic E-state index is 12.5. The van der Waals surface area contributed by atoms with Gasteiger partial charge in [0.15, 0.2) is 0 Å². The third kappa shape index (κ3) is 6.21. The van der Waals surface area contributed by atoms with E-state index in [-0.39, 0.29) is 16.7 Å². The number of aromatic nitrogens is 2. The van der Waals surface area contributed by atoms with E-state index in [2.05, 4.69) is 71.3 Å². The highest BCUT2D eigenvalue weighted by Gasteiger charge is 2.17. The van der Waals surface area contributed by atoms with Crippen molar-refractivity contribution in [2.24, 2.45) is 5.92 Å². The molecule has 0 aliphatic heterocycles. The number of imidazole rings is 1. The van der Waals surface area contributed by atoms with Crippen LogP contribution in [0, 0.1) is 12.8 Å². The third-order valence-electron chi connectivity index (χ3n) is 5.73. The first-order chi connectivity index (χ1) is 16.1. The molecule has 2 N–H and O–H groups in total. The van der Waals surface area contributed by atoms with Crippen LogP contribution in [-0.4, -0.2) is 31.8 Å². The van der Waals surface area contributed by atoms with E-state index in [0.717, 1.165) is 52.8 Å². The molecule has 0 fully saturated rings. The minimum absolute atomic E-state index is 0.0571. The Bertz CT molecular complexity index is 1210. The molecule has 2 aromatic carbocycles. The van der Waals surface area contributed by atoms with Gasteiger partial charge in [0, 0.05) is 24.0 Å². The van der Waals surface area contributed by atoms with Crippen LogP contribution in [0.4, 0.5) is 0 Å². The number of amides is 1. The van der Waals surface area contributed by atoms with Crippen LogP contribution in [0.5, 0.6) is 0 Å². The van der Waals surface area contributed by atoms with Gasteiger partial charge in [0.25, 0.3) is 0 Å². The van der Waals surface area contributed by atoms with Crippen LogP contribution in [0.25, 0.3) is 11.0 Å². The molecule has 3 rings (SSSR count). The number of carbonyl (C=O) groups excluding carboxylic acids is 1. The van der Waals surface area contributed by atoms with Gasteiger partial charge in [-0.05, 0) is 76.5 Å². The monoisotopic (exact) mass is 545 g/mol. The van der Waals surface area contributed by atoms with Crippen LogP contribution in [0.3, 0.4) is 0 Å². The summed E-state index contributed by atoms with van der Waals surface area (Å²) in [6.45, 7) is 9.33. The Morgan fingerprint density at radius 1 is 1.21 bits per heavy atom. The Morgan fingerprint density at radius 3 is 2.56 bits per heavy atom. The van der Waals surface area contributed by atoms with E-state index in [1.165, 1.54) is 0 Å². The minimum atomic E-state index is -0.961. The maximum Gasteiger partial charge on any atom is 0.336 e. The number of carboxylic acid groups (broad SMARTS) is 1. The van der Waals surface area contributed by atoms with Gasteiger partial charge in [0.1, 0.15) is 5.82 Å². The van der Waals surface area contributed by atoms with Gasteiger partial charge in [-0.25, -0.2) is 9.78 Å². The summed E-state index contributed by atoms with van der Waals surface area (Å²) in [5, 5.41) is 12.0. The number of hydrogen-bond donors (Lipinski definition) is 3. The number of nitrogens with zero attached hydrogens (tertiary/aromatic N) is 2. The molecular formula is C26H32BrN3O3S. The highest BCUT2D eigenvalue weighted by atomic mass is 79.9. The number of carbonyl (C=O) groups is 2. The van der Waals surface area contributed by atoms with Crippen molar-refractivity contribution < 1.29 is 14.7 Å². The molecule has 6 nitrogen and oxygen atoms in total. The van der Waals surface area contributed by atoms with E-state index in [0.29, 0.717) is 23.5 Å². The van der Waals surface area contributed by atoms with Crippen molar-refractivity contribution in [2.75, 3.05) is 0 Å². The number of aryl methyl sites for hydroxylation is 2. The highest BCUT2D eigenvalue weighted by molar-refractivity contribution is 9.10. The lowest BCUT2D eigenvalue weighted by atomic mass is 10.1. The fourth-order valence-corrected chi connectivity index (χ4v) is 5.19.